The van der Waals surface area contributed by atoms with Crippen LogP contribution in [0.4, 0.5) is 5.13 Å². The predicted octanol–water partition coefficient (Wildman–Crippen LogP) is 3.27. The van der Waals surface area contributed by atoms with Crippen molar-refractivity contribution in [3.8, 4) is 0 Å². The first-order chi connectivity index (χ1) is 15.7. The number of nitrogens with zero attached hydrogens (tertiary/aromatic N) is 4. The summed E-state index contributed by atoms with van der Waals surface area (Å²) >= 11 is 4.64. The predicted molar refractivity (Wildman–Crippen MR) is 132 cm³/mol. The van der Waals surface area contributed by atoms with E-state index in [2.05, 4.69) is 32.5 Å². The molecular formula is C22H29N5O2S3. The summed E-state index contributed by atoms with van der Waals surface area (Å²) in [4.78, 5) is 28.8. The minimum Gasteiger partial charge on any atom is -0.353 e. The van der Waals surface area contributed by atoms with Crippen LogP contribution in [0.3, 0.4) is 0 Å². The van der Waals surface area contributed by atoms with E-state index >= 15 is 0 Å². The number of piperazine rings is 1. The molecule has 2 amide bonds. The average molecular weight is 492 g/mol. The van der Waals surface area contributed by atoms with Crippen LogP contribution in [-0.4, -0.2) is 70.6 Å². The summed E-state index contributed by atoms with van der Waals surface area (Å²) < 4.78 is 0.817. The molecular weight excluding hydrogens is 462 g/mol. The first-order valence-electron chi connectivity index (χ1n) is 11.1. The van der Waals surface area contributed by atoms with Gasteiger partial charge in [0, 0.05) is 38.0 Å². The van der Waals surface area contributed by atoms with E-state index in [0.29, 0.717) is 30.6 Å². The van der Waals surface area contributed by atoms with E-state index in [1.165, 1.54) is 41.5 Å². The van der Waals surface area contributed by atoms with Crippen LogP contribution < -0.4 is 10.2 Å². The van der Waals surface area contributed by atoms with E-state index in [-0.39, 0.29) is 11.8 Å². The van der Waals surface area contributed by atoms with Gasteiger partial charge in [0.15, 0.2) is 4.34 Å². The third-order valence-corrected chi connectivity index (χ3v) is 8.79. The lowest BCUT2D eigenvalue weighted by Gasteiger charge is -2.34. The molecule has 2 aromatic rings. The van der Waals surface area contributed by atoms with Gasteiger partial charge in [-0.3, -0.25) is 9.59 Å². The maximum atomic E-state index is 12.5. The Balaban J connectivity index is 1.15. The number of amides is 2. The van der Waals surface area contributed by atoms with Crippen molar-refractivity contribution in [3.63, 3.8) is 0 Å². The number of carbonyl (C=O) groups is 2. The van der Waals surface area contributed by atoms with Crippen molar-refractivity contribution < 1.29 is 9.59 Å². The van der Waals surface area contributed by atoms with Gasteiger partial charge < -0.3 is 15.1 Å². The summed E-state index contributed by atoms with van der Waals surface area (Å²) in [5.41, 5.74) is 1.25. The molecule has 0 bridgehead atoms. The Kier molecular flexibility index (Phi) is 8.69. The van der Waals surface area contributed by atoms with Crippen molar-refractivity contribution >= 4 is 51.8 Å². The van der Waals surface area contributed by atoms with Gasteiger partial charge in [0.1, 0.15) is 0 Å². The largest absolute Gasteiger partial charge is 0.353 e. The Morgan fingerprint density at radius 1 is 1.03 bits per heavy atom. The number of thioether (sulfide) groups is 2. The molecule has 10 heteroatoms. The van der Waals surface area contributed by atoms with Gasteiger partial charge in [-0.05, 0) is 18.4 Å². The van der Waals surface area contributed by atoms with Gasteiger partial charge in [-0.1, -0.05) is 66.3 Å². The standard InChI is InChI=1S/C22H29N5O2S3/c28-19(23-18-8-4-5-9-18)15-31-22-25-24-21(32-22)27-12-10-26(11-13-27)20(29)16-30-14-17-6-2-1-3-7-17/h1-3,6-7,18H,4-5,8-16H2,(H,23,28). The summed E-state index contributed by atoms with van der Waals surface area (Å²) in [6.45, 7) is 2.93. The van der Waals surface area contributed by atoms with E-state index < -0.39 is 0 Å². The van der Waals surface area contributed by atoms with E-state index in [4.69, 9.17) is 0 Å². The number of carbonyl (C=O) groups excluding carboxylic acids is 2. The highest BCUT2D eigenvalue weighted by atomic mass is 32.2. The molecule has 7 nitrogen and oxygen atoms in total. The minimum absolute atomic E-state index is 0.0795. The van der Waals surface area contributed by atoms with Crippen molar-refractivity contribution in [2.75, 3.05) is 42.6 Å². The number of hydrogen-bond donors (Lipinski definition) is 1. The van der Waals surface area contributed by atoms with Gasteiger partial charge in [0.05, 0.1) is 11.5 Å². The third-order valence-electron chi connectivity index (χ3n) is 5.68. The van der Waals surface area contributed by atoms with E-state index in [1.54, 1.807) is 11.8 Å². The highest BCUT2D eigenvalue weighted by Gasteiger charge is 2.23. The fraction of sp³-hybridized carbons (Fsp3) is 0.545. The first kappa shape index (κ1) is 23.4. The van der Waals surface area contributed by atoms with Crippen LogP contribution >= 0.6 is 34.9 Å². The van der Waals surface area contributed by atoms with Gasteiger partial charge in [-0.2, -0.15) is 0 Å². The molecule has 4 rings (SSSR count). The molecule has 32 heavy (non-hydrogen) atoms. The second-order valence-electron chi connectivity index (χ2n) is 8.03. The Morgan fingerprint density at radius 3 is 2.53 bits per heavy atom. The Labute approximate surface area is 201 Å². The maximum absolute atomic E-state index is 12.5. The number of hydrogen-bond acceptors (Lipinski definition) is 8. The Bertz CT molecular complexity index is 881. The molecule has 0 unspecified atom stereocenters. The van der Waals surface area contributed by atoms with E-state index in [0.717, 1.165) is 41.2 Å². The van der Waals surface area contributed by atoms with Crippen molar-refractivity contribution in [1.82, 2.24) is 20.4 Å². The van der Waals surface area contributed by atoms with Crippen LogP contribution in [-0.2, 0) is 15.3 Å². The zero-order valence-corrected chi connectivity index (χ0v) is 20.5. The van der Waals surface area contributed by atoms with E-state index in [9.17, 15) is 9.59 Å². The van der Waals surface area contributed by atoms with Gasteiger partial charge in [-0.25, -0.2) is 0 Å². The summed E-state index contributed by atoms with van der Waals surface area (Å²) in [5, 5.41) is 12.5. The lowest BCUT2D eigenvalue weighted by atomic mass is 10.2. The van der Waals surface area contributed by atoms with Crippen LogP contribution in [0.25, 0.3) is 0 Å². The highest BCUT2D eigenvalue weighted by Crippen LogP contribution is 2.29. The second kappa shape index (κ2) is 11.9. The monoisotopic (exact) mass is 491 g/mol. The molecule has 1 aromatic heterocycles. The quantitative estimate of drug-likeness (QED) is 0.540. The SMILES string of the molecule is O=C(CSc1nnc(N2CCN(C(=O)CSCc3ccccc3)CC2)s1)NC1CCCC1. The molecule has 2 fully saturated rings. The Morgan fingerprint density at radius 2 is 1.78 bits per heavy atom. The summed E-state index contributed by atoms with van der Waals surface area (Å²) in [6.07, 6.45) is 4.62. The fourth-order valence-corrected chi connectivity index (χ4v) is 6.52. The smallest absolute Gasteiger partial charge is 0.232 e. The molecule has 0 atom stereocenters. The van der Waals surface area contributed by atoms with Crippen LogP contribution in [0, 0.1) is 0 Å². The summed E-state index contributed by atoms with van der Waals surface area (Å²) in [7, 11) is 0. The van der Waals surface area contributed by atoms with Gasteiger partial charge >= 0.3 is 0 Å². The normalized spacial score (nSPS) is 17.0. The molecule has 1 aliphatic carbocycles. The number of nitrogens with one attached hydrogen (secondary N) is 1. The lowest BCUT2D eigenvalue weighted by molar-refractivity contribution is -0.128. The molecule has 1 N–H and O–H groups in total. The first-order valence-corrected chi connectivity index (χ1v) is 14.0. The third kappa shape index (κ3) is 6.86. The number of anilines is 1. The zero-order valence-electron chi connectivity index (χ0n) is 18.1. The van der Waals surface area contributed by atoms with Crippen molar-refractivity contribution in [2.24, 2.45) is 0 Å². The van der Waals surface area contributed by atoms with Crippen molar-refractivity contribution in [3.05, 3.63) is 35.9 Å². The molecule has 0 spiro atoms. The number of aromatic nitrogens is 2. The van der Waals surface area contributed by atoms with Gasteiger partial charge in [0.25, 0.3) is 0 Å². The van der Waals surface area contributed by atoms with Crippen LogP contribution in [0.1, 0.15) is 31.2 Å². The Hall–Kier alpha value is -1.78. The number of rotatable bonds is 9. The summed E-state index contributed by atoms with van der Waals surface area (Å²) in [5.74, 6) is 2.03. The molecule has 0 radical (unpaired) electrons. The van der Waals surface area contributed by atoms with Gasteiger partial charge in [0.2, 0.25) is 16.9 Å². The van der Waals surface area contributed by atoms with Gasteiger partial charge in [-0.15, -0.1) is 22.0 Å². The topological polar surface area (TPSA) is 78.4 Å². The zero-order chi connectivity index (χ0) is 22.2. The fourth-order valence-electron chi connectivity index (χ4n) is 3.92. The molecule has 1 aromatic carbocycles. The minimum atomic E-state index is 0.0795. The van der Waals surface area contributed by atoms with Crippen molar-refractivity contribution in [1.29, 1.82) is 0 Å². The van der Waals surface area contributed by atoms with Crippen LogP contribution in [0.5, 0.6) is 0 Å². The molecule has 2 heterocycles. The van der Waals surface area contributed by atoms with E-state index in [1.807, 2.05) is 23.1 Å². The van der Waals surface area contributed by atoms with Crippen molar-refractivity contribution in [2.45, 2.75) is 41.8 Å². The number of benzene rings is 1. The van der Waals surface area contributed by atoms with Crippen LogP contribution in [0.2, 0.25) is 0 Å². The average Bonchev–Trinajstić information content (AvgIpc) is 3.51. The summed E-state index contributed by atoms with van der Waals surface area (Å²) in [6, 6.07) is 10.6. The van der Waals surface area contributed by atoms with Crippen LogP contribution in [0.15, 0.2) is 34.7 Å². The maximum Gasteiger partial charge on any atom is 0.232 e. The molecule has 1 saturated carbocycles. The highest BCUT2D eigenvalue weighted by molar-refractivity contribution is 8.01. The molecule has 172 valence electrons. The second-order valence-corrected chi connectivity index (χ2v) is 11.2. The molecule has 1 saturated heterocycles. The molecule has 2 aliphatic rings. The molecule has 1 aliphatic heterocycles. The lowest BCUT2D eigenvalue weighted by Crippen LogP contribution is -2.49.